The van der Waals surface area contributed by atoms with Crippen LogP contribution in [0.4, 0.5) is 10.3 Å². The van der Waals surface area contributed by atoms with E-state index in [0.29, 0.717) is 29.4 Å². The summed E-state index contributed by atoms with van der Waals surface area (Å²) in [7, 11) is 3.70. The van der Waals surface area contributed by atoms with E-state index in [1.165, 1.54) is 6.07 Å². The van der Waals surface area contributed by atoms with Crippen molar-refractivity contribution >= 4 is 5.95 Å². The summed E-state index contributed by atoms with van der Waals surface area (Å²) >= 11 is 0. The van der Waals surface area contributed by atoms with E-state index in [4.69, 9.17) is 5.26 Å². The minimum Gasteiger partial charge on any atom is -0.346 e. The van der Waals surface area contributed by atoms with Gasteiger partial charge >= 0.3 is 0 Å². The van der Waals surface area contributed by atoms with Gasteiger partial charge in [0, 0.05) is 19.7 Å². The first kappa shape index (κ1) is 13.0. The van der Waals surface area contributed by atoms with E-state index < -0.39 is 5.82 Å². The summed E-state index contributed by atoms with van der Waals surface area (Å²) < 4.78 is 15.4. The zero-order valence-electron chi connectivity index (χ0n) is 11.1. The first-order chi connectivity index (χ1) is 9.01. The predicted molar refractivity (Wildman–Crippen MR) is 69.3 cm³/mol. The zero-order valence-corrected chi connectivity index (χ0v) is 11.1. The van der Waals surface area contributed by atoms with Crippen LogP contribution in [0.25, 0.3) is 0 Å². The molecule has 2 rings (SSSR count). The molecule has 1 aromatic heterocycles. The van der Waals surface area contributed by atoms with Crippen LogP contribution in [0.3, 0.4) is 0 Å². The minimum absolute atomic E-state index is 0.296. The molecule has 0 aliphatic carbocycles. The highest BCUT2D eigenvalue weighted by Gasteiger charge is 2.10. The van der Waals surface area contributed by atoms with Crippen molar-refractivity contribution in [3.05, 3.63) is 41.0 Å². The van der Waals surface area contributed by atoms with Crippen molar-refractivity contribution in [2.24, 2.45) is 0 Å². The van der Waals surface area contributed by atoms with E-state index in [0.717, 1.165) is 0 Å². The van der Waals surface area contributed by atoms with Crippen LogP contribution < -0.4 is 4.90 Å². The third kappa shape index (κ3) is 2.71. The highest BCUT2D eigenvalue weighted by Crippen LogP contribution is 2.13. The number of nitrogens with zero attached hydrogens (tertiary/aromatic N) is 5. The number of hydrogen-bond donors (Lipinski definition) is 0. The van der Waals surface area contributed by atoms with Crippen LogP contribution in [0.5, 0.6) is 0 Å². The molecule has 0 saturated carbocycles. The Hall–Kier alpha value is -2.42. The largest absolute Gasteiger partial charge is 0.346 e. The van der Waals surface area contributed by atoms with Crippen LogP contribution >= 0.6 is 0 Å². The molecule has 0 amide bonds. The van der Waals surface area contributed by atoms with Gasteiger partial charge in [0.2, 0.25) is 5.95 Å². The second kappa shape index (κ2) is 5.06. The second-order valence-electron chi connectivity index (χ2n) is 4.43. The number of hydrogen-bond acceptors (Lipinski definition) is 4. The van der Waals surface area contributed by atoms with Crippen molar-refractivity contribution in [3.63, 3.8) is 0 Å². The number of rotatable bonds is 3. The zero-order chi connectivity index (χ0) is 14.0. The molecule has 0 aliphatic rings. The number of nitriles is 1. The number of benzene rings is 1. The molecule has 0 fully saturated rings. The Morgan fingerprint density at radius 2 is 2.16 bits per heavy atom. The van der Waals surface area contributed by atoms with E-state index in [-0.39, 0.29) is 0 Å². The van der Waals surface area contributed by atoms with Crippen LogP contribution in [-0.4, -0.2) is 28.9 Å². The Morgan fingerprint density at radius 1 is 1.42 bits per heavy atom. The van der Waals surface area contributed by atoms with Crippen molar-refractivity contribution in [1.29, 1.82) is 5.26 Å². The first-order valence-corrected chi connectivity index (χ1v) is 5.78. The lowest BCUT2D eigenvalue weighted by molar-refractivity contribution is 0.578. The van der Waals surface area contributed by atoms with Crippen molar-refractivity contribution in [2.75, 3.05) is 19.0 Å². The number of aryl methyl sites for hydroxylation is 1. The molecule has 0 spiro atoms. The lowest BCUT2D eigenvalue weighted by Gasteiger charge is -2.06. The monoisotopic (exact) mass is 259 g/mol. The SMILES string of the molecule is Cc1nc(N(C)C)nn1Cc1ccc(C#N)cc1F. The summed E-state index contributed by atoms with van der Waals surface area (Å²) in [5, 5.41) is 13.0. The van der Waals surface area contributed by atoms with Crippen LogP contribution in [0.15, 0.2) is 18.2 Å². The molecule has 0 N–H and O–H groups in total. The van der Waals surface area contributed by atoms with Gasteiger partial charge in [0.1, 0.15) is 11.6 Å². The molecular formula is C13H14FN5. The van der Waals surface area contributed by atoms with Gasteiger partial charge in [-0.25, -0.2) is 9.07 Å². The summed E-state index contributed by atoms with van der Waals surface area (Å²) in [4.78, 5) is 6.06. The molecule has 0 saturated heterocycles. The van der Waals surface area contributed by atoms with Gasteiger partial charge in [-0.15, -0.1) is 5.10 Å². The van der Waals surface area contributed by atoms with Crippen LogP contribution in [0.1, 0.15) is 17.0 Å². The van der Waals surface area contributed by atoms with Gasteiger partial charge in [-0.05, 0) is 19.1 Å². The Kier molecular flexibility index (Phi) is 3.47. The highest BCUT2D eigenvalue weighted by molar-refractivity contribution is 5.33. The smallest absolute Gasteiger partial charge is 0.244 e. The summed E-state index contributed by atoms with van der Waals surface area (Å²) in [5.74, 6) is 0.902. The lowest BCUT2D eigenvalue weighted by Crippen LogP contribution is -2.11. The average molecular weight is 259 g/mol. The topological polar surface area (TPSA) is 57.7 Å². The van der Waals surface area contributed by atoms with Gasteiger partial charge in [-0.3, -0.25) is 0 Å². The van der Waals surface area contributed by atoms with E-state index >= 15 is 0 Å². The average Bonchev–Trinajstić information content (AvgIpc) is 2.73. The van der Waals surface area contributed by atoms with Gasteiger partial charge in [-0.1, -0.05) is 6.07 Å². The van der Waals surface area contributed by atoms with Crippen molar-refractivity contribution in [2.45, 2.75) is 13.5 Å². The predicted octanol–water partition coefficient (Wildman–Crippen LogP) is 1.71. The molecule has 19 heavy (non-hydrogen) atoms. The standard InChI is InChI=1S/C13H14FN5/c1-9-16-13(18(2)3)17-19(9)8-11-5-4-10(7-15)6-12(11)14/h4-6H,8H2,1-3H3. The molecule has 0 unspecified atom stereocenters. The van der Waals surface area contributed by atoms with E-state index in [9.17, 15) is 4.39 Å². The molecule has 1 heterocycles. The van der Waals surface area contributed by atoms with Gasteiger partial charge < -0.3 is 4.90 Å². The number of aromatic nitrogens is 3. The molecule has 0 radical (unpaired) electrons. The van der Waals surface area contributed by atoms with Gasteiger partial charge in [0.15, 0.2) is 0 Å². The molecule has 98 valence electrons. The third-order valence-electron chi connectivity index (χ3n) is 2.75. The van der Waals surface area contributed by atoms with E-state index in [2.05, 4.69) is 10.1 Å². The fourth-order valence-corrected chi connectivity index (χ4v) is 1.65. The summed E-state index contributed by atoms with van der Waals surface area (Å²) in [6.07, 6.45) is 0. The normalized spacial score (nSPS) is 10.3. The molecule has 0 aliphatic heterocycles. The molecule has 2 aromatic rings. The van der Waals surface area contributed by atoms with Crippen LogP contribution in [0, 0.1) is 24.1 Å². The Labute approximate surface area is 110 Å². The third-order valence-corrected chi connectivity index (χ3v) is 2.75. The molecule has 6 heteroatoms. The molecule has 5 nitrogen and oxygen atoms in total. The fourth-order valence-electron chi connectivity index (χ4n) is 1.65. The van der Waals surface area contributed by atoms with Crippen LogP contribution in [0.2, 0.25) is 0 Å². The second-order valence-corrected chi connectivity index (χ2v) is 4.43. The maximum Gasteiger partial charge on any atom is 0.244 e. The number of halogens is 1. The van der Waals surface area contributed by atoms with E-state index in [1.807, 2.05) is 27.1 Å². The maximum atomic E-state index is 13.8. The summed E-state index contributed by atoms with van der Waals surface area (Å²) in [6.45, 7) is 2.12. The lowest BCUT2D eigenvalue weighted by atomic mass is 10.1. The van der Waals surface area contributed by atoms with Gasteiger partial charge in [0.05, 0.1) is 18.2 Å². The Balaban J connectivity index is 2.29. The molecule has 0 atom stereocenters. The minimum atomic E-state index is -0.402. The Morgan fingerprint density at radius 3 is 2.68 bits per heavy atom. The van der Waals surface area contributed by atoms with Crippen molar-refractivity contribution < 1.29 is 4.39 Å². The molecular weight excluding hydrogens is 245 g/mol. The molecule has 0 bridgehead atoms. The fraction of sp³-hybridized carbons (Fsp3) is 0.308. The van der Waals surface area contributed by atoms with Crippen molar-refractivity contribution in [1.82, 2.24) is 14.8 Å². The summed E-state index contributed by atoms with van der Waals surface area (Å²) in [5.41, 5.74) is 0.794. The van der Waals surface area contributed by atoms with E-state index in [1.54, 1.807) is 21.7 Å². The molecule has 1 aromatic carbocycles. The number of anilines is 1. The van der Waals surface area contributed by atoms with Crippen LogP contribution in [-0.2, 0) is 6.54 Å². The Bertz CT molecular complexity index is 639. The van der Waals surface area contributed by atoms with Crippen molar-refractivity contribution in [3.8, 4) is 6.07 Å². The van der Waals surface area contributed by atoms with Gasteiger partial charge in [-0.2, -0.15) is 10.2 Å². The maximum absolute atomic E-state index is 13.8. The quantitative estimate of drug-likeness (QED) is 0.842. The van der Waals surface area contributed by atoms with Gasteiger partial charge in [0.25, 0.3) is 0 Å². The highest BCUT2D eigenvalue weighted by atomic mass is 19.1. The first-order valence-electron chi connectivity index (χ1n) is 5.78. The summed E-state index contributed by atoms with van der Waals surface area (Å²) in [6, 6.07) is 6.33.